The predicted octanol–water partition coefficient (Wildman–Crippen LogP) is 1.89. The number of rotatable bonds is 2. The SMILES string of the molecule is CNc1nccn2c(-c3nccs3)cnc12. The maximum absolute atomic E-state index is 4.35. The number of fused-ring (bicyclic) bond motifs is 1. The number of hydrogen-bond donors (Lipinski definition) is 1. The van der Waals surface area contributed by atoms with E-state index in [-0.39, 0.29) is 0 Å². The van der Waals surface area contributed by atoms with Gasteiger partial charge in [0, 0.05) is 31.0 Å². The summed E-state index contributed by atoms with van der Waals surface area (Å²) < 4.78 is 1.98. The molecule has 0 aliphatic heterocycles. The van der Waals surface area contributed by atoms with Crippen LogP contribution in [0.1, 0.15) is 0 Å². The zero-order valence-corrected chi connectivity index (χ0v) is 9.40. The van der Waals surface area contributed by atoms with Gasteiger partial charge in [0.25, 0.3) is 0 Å². The monoisotopic (exact) mass is 231 g/mol. The smallest absolute Gasteiger partial charge is 0.180 e. The first kappa shape index (κ1) is 9.29. The molecule has 0 spiro atoms. The van der Waals surface area contributed by atoms with Crippen molar-refractivity contribution < 1.29 is 0 Å². The molecule has 5 nitrogen and oxygen atoms in total. The standard InChI is InChI=1S/C10H9N5S/c1-11-8-9-14-6-7(10-13-3-5-16-10)15(9)4-2-12-8/h2-6H,1H3,(H,11,12). The Kier molecular flexibility index (Phi) is 2.07. The van der Waals surface area contributed by atoms with E-state index in [1.165, 1.54) is 0 Å². The highest BCUT2D eigenvalue weighted by Gasteiger charge is 2.10. The summed E-state index contributed by atoms with van der Waals surface area (Å²) in [6, 6.07) is 0. The molecule has 16 heavy (non-hydrogen) atoms. The summed E-state index contributed by atoms with van der Waals surface area (Å²) in [5.41, 5.74) is 1.80. The highest BCUT2D eigenvalue weighted by Crippen LogP contribution is 2.24. The fourth-order valence-corrected chi connectivity index (χ4v) is 2.25. The van der Waals surface area contributed by atoms with Crippen LogP contribution in [0.4, 0.5) is 5.82 Å². The molecule has 3 aromatic heterocycles. The van der Waals surface area contributed by atoms with Crippen LogP contribution in [0.25, 0.3) is 16.3 Å². The summed E-state index contributed by atoms with van der Waals surface area (Å²) >= 11 is 1.60. The van der Waals surface area contributed by atoms with Crippen LogP contribution in [0.2, 0.25) is 0 Å². The van der Waals surface area contributed by atoms with Gasteiger partial charge >= 0.3 is 0 Å². The molecule has 1 N–H and O–H groups in total. The Morgan fingerprint density at radius 1 is 1.25 bits per heavy atom. The molecule has 0 saturated heterocycles. The van der Waals surface area contributed by atoms with Crippen LogP contribution in [0.5, 0.6) is 0 Å². The highest BCUT2D eigenvalue weighted by molar-refractivity contribution is 7.13. The molecule has 3 rings (SSSR count). The molecule has 0 atom stereocenters. The Bertz CT molecular complexity index is 613. The van der Waals surface area contributed by atoms with Gasteiger partial charge in [-0.1, -0.05) is 0 Å². The lowest BCUT2D eigenvalue weighted by molar-refractivity contribution is 1.12. The van der Waals surface area contributed by atoms with E-state index in [4.69, 9.17) is 0 Å². The molecule has 0 aromatic carbocycles. The molecule has 6 heteroatoms. The maximum Gasteiger partial charge on any atom is 0.180 e. The average Bonchev–Trinajstić information content (AvgIpc) is 2.96. The number of aromatic nitrogens is 4. The first-order chi connectivity index (χ1) is 7.90. The van der Waals surface area contributed by atoms with Crippen LogP contribution in [-0.2, 0) is 0 Å². The Balaban J connectivity index is 2.29. The lowest BCUT2D eigenvalue weighted by Gasteiger charge is -2.01. The Hall–Kier alpha value is -1.95. The van der Waals surface area contributed by atoms with Crippen LogP contribution in [0.3, 0.4) is 0 Å². The molecule has 0 unspecified atom stereocenters. The second kappa shape index (κ2) is 3.57. The molecule has 0 saturated carbocycles. The van der Waals surface area contributed by atoms with Crippen molar-refractivity contribution in [2.24, 2.45) is 0 Å². The minimum atomic E-state index is 0.769. The number of anilines is 1. The molecule has 0 aliphatic carbocycles. The zero-order chi connectivity index (χ0) is 11.0. The summed E-state index contributed by atoms with van der Waals surface area (Å²) in [5.74, 6) is 0.769. The molecular weight excluding hydrogens is 222 g/mol. The third kappa shape index (κ3) is 1.27. The van der Waals surface area contributed by atoms with Crippen molar-refractivity contribution in [3.05, 3.63) is 30.2 Å². The van der Waals surface area contributed by atoms with Gasteiger partial charge in [0.1, 0.15) is 10.7 Å². The van der Waals surface area contributed by atoms with E-state index in [0.29, 0.717) is 0 Å². The van der Waals surface area contributed by atoms with E-state index in [0.717, 1.165) is 22.2 Å². The highest BCUT2D eigenvalue weighted by atomic mass is 32.1. The molecule has 0 fully saturated rings. The Morgan fingerprint density at radius 2 is 2.19 bits per heavy atom. The third-order valence-corrected chi connectivity index (χ3v) is 3.11. The second-order valence-corrected chi connectivity index (χ2v) is 4.09. The van der Waals surface area contributed by atoms with Crippen molar-refractivity contribution in [1.82, 2.24) is 19.4 Å². The van der Waals surface area contributed by atoms with Crippen molar-refractivity contribution in [1.29, 1.82) is 0 Å². The van der Waals surface area contributed by atoms with Crippen LogP contribution in [0, 0.1) is 0 Å². The van der Waals surface area contributed by atoms with Gasteiger partial charge in [-0.2, -0.15) is 0 Å². The first-order valence-electron chi connectivity index (χ1n) is 4.80. The molecule has 0 radical (unpaired) electrons. The van der Waals surface area contributed by atoms with Gasteiger partial charge in [-0.3, -0.25) is 4.40 Å². The number of nitrogens with one attached hydrogen (secondary N) is 1. The number of nitrogens with zero attached hydrogens (tertiary/aromatic N) is 4. The fraction of sp³-hybridized carbons (Fsp3) is 0.100. The Morgan fingerprint density at radius 3 is 2.94 bits per heavy atom. The summed E-state index contributed by atoms with van der Waals surface area (Å²) in [6.45, 7) is 0. The summed E-state index contributed by atoms with van der Waals surface area (Å²) in [6.07, 6.45) is 7.24. The summed E-state index contributed by atoms with van der Waals surface area (Å²) in [4.78, 5) is 12.8. The summed E-state index contributed by atoms with van der Waals surface area (Å²) in [5, 5.41) is 5.93. The second-order valence-electron chi connectivity index (χ2n) is 3.20. The van der Waals surface area contributed by atoms with Gasteiger partial charge < -0.3 is 5.32 Å². The van der Waals surface area contributed by atoms with Crippen LogP contribution in [0.15, 0.2) is 30.2 Å². The average molecular weight is 231 g/mol. The molecule has 80 valence electrons. The topological polar surface area (TPSA) is 55.1 Å². The Labute approximate surface area is 95.8 Å². The normalized spacial score (nSPS) is 10.8. The number of hydrogen-bond acceptors (Lipinski definition) is 5. The zero-order valence-electron chi connectivity index (χ0n) is 8.58. The largest absolute Gasteiger partial charge is 0.370 e. The fourth-order valence-electron chi connectivity index (χ4n) is 1.60. The van der Waals surface area contributed by atoms with Crippen molar-refractivity contribution in [3.63, 3.8) is 0 Å². The van der Waals surface area contributed by atoms with E-state index in [1.54, 1.807) is 23.7 Å². The van der Waals surface area contributed by atoms with Crippen molar-refractivity contribution in [2.75, 3.05) is 12.4 Å². The maximum atomic E-state index is 4.35. The molecule has 0 bridgehead atoms. The van der Waals surface area contributed by atoms with Gasteiger partial charge in [0.05, 0.1) is 6.20 Å². The predicted molar refractivity (Wildman–Crippen MR) is 63.6 cm³/mol. The lowest BCUT2D eigenvalue weighted by Crippen LogP contribution is -1.97. The molecule has 3 aromatic rings. The van der Waals surface area contributed by atoms with Gasteiger partial charge in [-0.05, 0) is 0 Å². The van der Waals surface area contributed by atoms with Crippen LogP contribution in [-0.4, -0.2) is 26.4 Å². The first-order valence-corrected chi connectivity index (χ1v) is 5.68. The van der Waals surface area contributed by atoms with Gasteiger partial charge in [-0.15, -0.1) is 11.3 Å². The van der Waals surface area contributed by atoms with E-state index < -0.39 is 0 Å². The molecular formula is C10H9N5S. The molecule has 0 aliphatic rings. The van der Waals surface area contributed by atoms with Crippen LogP contribution >= 0.6 is 11.3 Å². The minimum absolute atomic E-state index is 0.769. The van der Waals surface area contributed by atoms with E-state index in [2.05, 4.69) is 20.3 Å². The van der Waals surface area contributed by atoms with E-state index in [1.807, 2.05) is 29.2 Å². The number of thiazole rings is 1. The quantitative estimate of drug-likeness (QED) is 0.731. The molecule has 3 heterocycles. The number of imidazole rings is 1. The van der Waals surface area contributed by atoms with Crippen molar-refractivity contribution >= 4 is 22.8 Å². The van der Waals surface area contributed by atoms with E-state index >= 15 is 0 Å². The summed E-state index contributed by atoms with van der Waals surface area (Å²) in [7, 11) is 1.83. The lowest BCUT2D eigenvalue weighted by atomic mass is 10.5. The van der Waals surface area contributed by atoms with Gasteiger partial charge in [-0.25, -0.2) is 15.0 Å². The van der Waals surface area contributed by atoms with Crippen LogP contribution < -0.4 is 5.32 Å². The van der Waals surface area contributed by atoms with E-state index in [9.17, 15) is 0 Å². The van der Waals surface area contributed by atoms with Gasteiger partial charge in [0.15, 0.2) is 11.5 Å². The van der Waals surface area contributed by atoms with Crippen molar-refractivity contribution in [2.45, 2.75) is 0 Å². The third-order valence-electron chi connectivity index (χ3n) is 2.32. The van der Waals surface area contributed by atoms with Crippen molar-refractivity contribution in [3.8, 4) is 10.7 Å². The molecule has 0 amide bonds. The minimum Gasteiger partial charge on any atom is -0.370 e. The van der Waals surface area contributed by atoms with Gasteiger partial charge in [0.2, 0.25) is 0 Å².